The summed E-state index contributed by atoms with van der Waals surface area (Å²) < 4.78 is 52.0. The number of hydrogen-bond acceptors (Lipinski definition) is 4. The second-order valence-corrected chi connectivity index (χ2v) is 13.6. The minimum absolute atomic E-state index is 0.0809. The zero-order valence-electron chi connectivity index (χ0n) is 26.3. The molecule has 0 amide bonds. The molecule has 43 heavy (non-hydrogen) atoms. The van der Waals surface area contributed by atoms with Gasteiger partial charge in [-0.2, -0.15) is 9.37 Å². The van der Waals surface area contributed by atoms with Gasteiger partial charge in [0.25, 0.3) is 5.92 Å². The number of unbranched alkanes of at least 4 members (excludes halogenated alkanes) is 8. The van der Waals surface area contributed by atoms with Gasteiger partial charge in [0, 0.05) is 18.5 Å². The summed E-state index contributed by atoms with van der Waals surface area (Å²) in [4.78, 5) is 12.4. The summed E-state index contributed by atoms with van der Waals surface area (Å²) in [6.45, 7) is 2.70. The van der Waals surface area contributed by atoms with E-state index in [2.05, 4.69) is 21.9 Å². The van der Waals surface area contributed by atoms with Crippen LogP contribution < -0.4 is 4.74 Å². The third kappa shape index (κ3) is 9.41. The Kier molecular flexibility index (Phi) is 11.8. The molecule has 2 unspecified atom stereocenters. The van der Waals surface area contributed by atoms with E-state index in [1.165, 1.54) is 96.0 Å². The number of fused-ring (bicyclic) bond motifs is 1. The third-order valence-electron chi connectivity index (χ3n) is 10.1. The Morgan fingerprint density at radius 1 is 0.884 bits per heavy atom. The van der Waals surface area contributed by atoms with Crippen molar-refractivity contribution in [2.75, 3.05) is 6.61 Å². The van der Waals surface area contributed by atoms with Crippen molar-refractivity contribution < 1.29 is 17.9 Å². The van der Waals surface area contributed by atoms with E-state index < -0.39 is 23.4 Å². The maximum absolute atomic E-state index is 15.6. The normalized spacial score (nSPS) is 20.1. The Hall–Kier alpha value is -2.18. The molecule has 0 saturated heterocycles. The topological polar surface area (TPSA) is 47.9 Å². The summed E-state index contributed by atoms with van der Waals surface area (Å²) in [6.07, 6.45) is 26.2. The van der Waals surface area contributed by atoms with Crippen molar-refractivity contribution in [3.63, 3.8) is 0 Å². The summed E-state index contributed by atoms with van der Waals surface area (Å²) in [6, 6.07) is 1.50. The average Bonchev–Trinajstić information content (AvgIpc) is 3.92. The molecule has 0 N–H and O–H groups in total. The standard InChI is InChI=1S/C36H52F3N3O/c1-2-28(29-18-19-29)15-11-8-12-22-43-32-23-30-20-21-31(36(38,39)33(30)34(37)42-32)35-40-24-27(25-41-35)14-10-7-5-3-4-6-9-13-26-16-17-26/h23-26,28-29,31H,2-22H2,1H3. The molecule has 2 saturated carbocycles. The van der Waals surface area contributed by atoms with Crippen molar-refractivity contribution in [1.29, 1.82) is 0 Å². The molecule has 2 fully saturated rings. The van der Waals surface area contributed by atoms with Gasteiger partial charge in [-0.3, -0.25) is 0 Å². The number of alkyl halides is 2. The van der Waals surface area contributed by atoms with Crippen molar-refractivity contribution in [2.45, 2.75) is 147 Å². The molecular formula is C36H52F3N3O. The molecule has 4 nitrogen and oxygen atoms in total. The van der Waals surface area contributed by atoms with Crippen LogP contribution in [0.4, 0.5) is 13.2 Å². The smallest absolute Gasteiger partial charge is 0.287 e. The van der Waals surface area contributed by atoms with E-state index in [1.54, 1.807) is 12.4 Å². The van der Waals surface area contributed by atoms with Crippen LogP contribution in [0.3, 0.4) is 0 Å². The Balaban J connectivity index is 1.04. The summed E-state index contributed by atoms with van der Waals surface area (Å²) in [5.41, 5.74) is 0.621. The fourth-order valence-electron chi connectivity index (χ4n) is 7.04. The molecule has 2 heterocycles. The van der Waals surface area contributed by atoms with Crippen LogP contribution in [0.5, 0.6) is 5.88 Å². The SMILES string of the molecule is CCC(CCCCCOc1cc2c(c(F)n1)C(F)(F)C(c1ncc(CCCCCCCCCC3CC3)cn1)CC2)C1CC1. The number of halogens is 3. The molecular weight excluding hydrogens is 547 g/mol. The molecule has 3 aliphatic carbocycles. The third-order valence-corrected chi connectivity index (χ3v) is 10.1. The Labute approximate surface area is 257 Å². The molecule has 238 valence electrons. The number of ether oxygens (including phenoxy) is 1. The number of nitrogens with zero attached hydrogens (tertiary/aromatic N) is 3. The second kappa shape index (κ2) is 15.7. The van der Waals surface area contributed by atoms with Crippen LogP contribution in [0.15, 0.2) is 18.5 Å². The lowest BCUT2D eigenvalue weighted by atomic mass is 9.80. The molecule has 0 radical (unpaired) electrons. The van der Waals surface area contributed by atoms with E-state index in [4.69, 9.17) is 4.74 Å². The maximum atomic E-state index is 15.6. The largest absolute Gasteiger partial charge is 0.478 e. The summed E-state index contributed by atoms with van der Waals surface area (Å²) in [5.74, 6) is -2.83. The maximum Gasteiger partial charge on any atom is 0.287 e. The van der Waals surface area contributed by atoms with Gasteiger partial charge in [0.1, 0.15) is 5.82 Å². The van der Waals surface area contributed by atoms with Crippen LogP contribution in [0, 0.1) is 23.7 Å². The van der Waals surface area contributed by atoms with Crippen LogP contribution in [0.1, 0.15) is 151 Å². The van der Waals surface area contributed by atoms with E-state index in [0.717, 1.165) is 49.0 Å². The van der Waals surface area contributed by atoms with Crippen molar-refractivity contribution >= 4 is 0 Å². The highest BCUT2D eigenvalue weighted by atomic mass is 19.3. The molecule has 0 aromatic carbocycles. The lowest BCUT2D eigenvalue weighted by molar-refractivity contribution is -0.0501. The number of aromatic nitrogens is 3. The predicted molar refractivity (Wildman–Crippen MR) is 165 cm³/mol. The van der Waals surface area contributed by atoms with Gasteiger partial charge in [-0.1, -0.05) is 90.4 Å². The van der Waals surface area contributed by atoms with Crippen LogP contribution in [0.2, 0.25) is 0 Å². The highest BCUT2D eigenvalue weighted by molar-refractivity contribution is 5.38. The number of hydrogen-bond donors (Lipinski definition) is 0. The fourth-order valence-corrected chi connectivity index (χ4v) is 7.04. The molecule has 0 spiro atoms. The second-order valence-electron chi connectivity index (χ2n) is 13.6. The van der Waals surface area contributed by atoms with Gasteiger partial charge in [0.2, 0.25) is 11.8 Å². The van der Waals surface area contributed by atoms with Crippen LogP contribution in [-0.2, 0) is 18.8 Å². The van der Waals surface area contributed by atoms with Crippen molar-refractivity contribution in [3.8, 4) is 5.88 Å². The van der Waals surface area contributed by atoms with E-state index >= 15 is 13.2 Å². The number of rotatable bonds is 20. The van der Waals surface area contributed by atoms with Gasteiger partial charge in [0.05, 0.1) is 18.1 Å². The first-order chi connectivity index (χ1) is 21.0. The van der Waals surface area contributed by atoms with Gasteiger partial charge in [-0.05, 0) is 73.8 Å². The van der Waals surface area contributed by atoms with E-state index in [1.807, 2.05) is 0 Å². The van der Waals surface area contributed by atoms with Crippen LogP contribution >= 0.6 is 0 Å². The van der Waals surface area contributed by atoms with E-state index in [-0.39, 0.29) is 23.7 Å². The summed E-state index contributed by atoms with van der Waals surface area (Å²) in [7, 11) is 0. The molecule has 2 aromatic heterocycles. The van der Waals surface area contributed by atoms with Gasteiger partial charge in [-0.15, -0.1) is 0 Å². The van der Waals surface area contributed by atoms with Crippen LogP contribution in [0.25, 0.3) is 0 Å². The van der Waals surface area contributed by atoms with Crippen molar-refractivity contribution in [1.82, 2.24) is 15.0 Å². The van der Waals surface area contributed by atoms with E-state index in [9.17, 15) is 0 Å². The quantitative estimate of drug-likeness (QED) is 0.112. The van der Waals surface area contributed by atoms with Crippen molar-refractivity contribution in [2.24, 2.45) is 17.8 Å². The monoisotopic (exact) mass is 599 g/mol. The molecule has 2 atom stereocenters. The highest BCUT2D eigenvalue weighted by Gasteiger charge is 2.50. The summed E-state index contributed by atoms with van der Waals surface area (Å²) in [5, 5.41) is 0. The number of aryl methyl sites for hydroxylation is 2. The van der Waals surface area contributed by atoms with Crippen molar-refractivity contribution in [3.05, 3.63) is 46.9 Å². The summed E-state index contributed by atoms with van der Waals surface area (Å²) >= 11 is 0. The van der Waals surface area contributed by atoms with Gasteiger partial charge < -0.3 is 4.74 Å². The molecule has 0 aliphatic heterocycles. The first-order valence-corrected chi connectivity index (χ1v) is 17.5. The lowest BCUT2D eigenvalue weighted by Gasteiger charge is -2.32. The fraction of sp³-hybridized carbons (Fsp3) is 0.750. The Bertz CT molecular complexity index is 1130. The first kappa shape index (κ1) is 32.2. The molecule has 5 rings (SSSR count). The highest BCUT2D eigenvalue weighted by Crippen LogP contribution is 2.49. The Morgan fingerprint density at radius 3 is 2.28 bits per heavy atom. The lowest BCUT2D eigenvalue weighted by Crippen LogP contribution is -2.33. The van der Waals surface area contributed by atoms with Gasteiger partial charge >= 0.3 is 0 Å². The minimum Gasteiger partial charge on any atom is -0.478 e. The van der Waals surface area contributed by atoms with E-state index in [0.29, 0.717) is 13.0 Å². The zero-order valence-corrected chi connectivity index (χ0v) is 26.3. The first-order valence-electron chi connectivity index (χ1n) is 17.5. The Morgan fingerprint density at radius 2 is 1.58 bits per heavy atom. The molecule has 0 bridgehead atoms. The van der Waals surface area contributed by atoms with Crippen LogP contribution in [-0.4, -0.2) is 21.6 Å². The molecule has 7 heteroatoms. The van der Waals surface area contributed by atoms with Gasteiger partial charge in [-0.25, -0.2) is 18.7 Å². The predicted octanol–water partition coefficient (Wildman–Crippen LogP) is 10.3. The number of pyridine rings is 1. The zero-order chi connectivity index (χ0) is 30.1. The minimum atomic E-state index is -3.43. The average molecular weight is 600 g/mol. The van der Waals surface area contributed by atoms with Gasteiger partial charge in [0.15, 0.2) is 0 Å². The molecule has 3 aliphatic rings. The molecule has 2 aromatic rings.